The summed E-state index contributed by atoms with van der Waals surface area (Å²) < 4.78 is 0. The topological polar surface area (TPSA) is 20.3 Å². The van der Waals surface area contributed by atoms with Crippen molar-refractivity contribution in [2.24, 2.45) is 0 Å². The van der Waals surface area contributed by atoms with Crippen LogP contribution in [0.2, 0.25) is 0 Å². The molecule has 1 heterocycles. The Labute approximate surface area is 132 Å². The fraction of sp³-hybridized carbons (Fsp3) is 0.250. The van der Waals surface area contributed by atoms with Crippen LogP contribution < -0.4 is 0 Å². The molecule has 1 aliphatic heterocycles. The molecule has 3 rings (SSSR count). The van der Waals surface area contributed by atoms with E-state index in [1.165, 1.54) is 11.1 Å². The number of rotatable bonds is 2. The summed E-state index contributed by atoms with van der Waals surface area (Å²) >= 11 is 0. The van der Waals surface area contributed by atoms with Gasteiger partial charge in [0.25, 0.3) is 5.91 Å². The van der Waals surface area contributed by atoms with Gasteiger partial charge in [-0.25, -0.2) is 0 Å². The third-order valence-corrected chi connectivity index (χ3v) is 4.11. The molecule has 2 nitrogen and oxygen atoms in total. The van der Waals surface area contributed by atoms with E-state index in [1.807, 2.05) is 36.9 Å². The zero-order chi connectivity index (χ0) is 15.5. The van der Waals surface area contributed by atoms with Crippen LogP contribution in [0.25, 0.3) is 5.57 Å². The van der Waals surface area contributed by atoms with Crippen molar-refractivity contribution in [3.05, 3.63) is 76.9 Å². The molecule has 0 aliphatic carbocycles. The Morgan fingerprint density at radius 3 is 2.27 bits per heavy atom. The molecule has 1 aliphatic rings. The number of carbonyl (C=O) groups excluding carboxylic acids is 1. The minimum atomic E-state index is 0.134. The smallest absolute Gasteiger partial charge is 0.254 e. The van der Waals surface area contributed by atoms with Crippen molar-refractivity contribution < 1.29 is 4.79 Å². The lowest BCUT2D eigenvalue weighted by molar-refractivity contribution is 0.0772. The maximum atomic E-state index is 12.6. The van der Waals surface area contributed by atoms with Gasteiger partial charge in [0.15, 0.2) is 0 Å². The summed E-state index contributed by atoms with van der Waals surface area (Å²) in [6, 6.07) is 16.5. The Kier molecular flexibility index (Phi) is 4.10. The van der Waals surface area contributed by atoms with Crippen LogP contribution in [0, 0.1) is 13.8 Å². The highest BCUT2D eigenvalue weighted by Gasteiger charge is 2.19. The fourth-order valence-electron chi connectivity index (χ4n) is 3.05. The van der Waals surface area contributed by atoms with E-state index >= 15 is 0 Å². The lowest BCUT2D eigenvalue weighted by Gasteiger charge is -2.27. The number of carbonyl (C=O) groups is 1. The van der Waals surface area contributed by atoms with Gasteiger partial charge in [-0.05, 0) is 43.5 Å². The Morgan fingerprint density at radius 2 is 1.68 bits per heavy atom. The van der Waals surface area contributed by atoms with E-state index in [0.29, 0.717) is 6.54 Å². The van der Waals surface area contributed by atoms with Crippen molar-refractivity contribution in [2.45, 2.75) is 20.3 Å². The molecule has 0 saturated carbocycles. The maximum absolute atomic E-state index is 12.6. The van der Waals surface area contributed by atoms with Crippen molar-refractivity contribution in [1.82, 2.24) is 4.90 Å². The molecule has 2 aromatic carbocycles. The fourth-order valence-corrected chi connectivity index (χ4v) is 3.05. The second-order valence-electron chi connectivity index (χ2n) is 5.97. The molecule has 0 saturated heterocycles. The lowest BCUT2D eigenvalue weighted by atomic mass is 9.99. The number of amides is 1. The van der Waals surface area contributed by atoms with Gasteiger partial charge in [-0.3, -0.25) is 4.79 Å². The monoisotopic (exact) mass is 291 g/mol. The van der Waals surface area contributed by atoms with E-state index in [0.717, 1.165) is 29.7 Å². The molecule has 0 unspecified atom stereocenters. The SMILES string of the molecule is Cc1cc(C)cc(C(=O)N2CC=C(c3ccccc3)CC2)c1. The van der Waals surface area contributed by atoms with Crippen LogP contribution in [0.15, 0.2) is 54.6 Å². The zero-order valence-corrected chi connectivity index (χ0v) is 13.2. The second-order valence-corrected chi connectivity index (χ2v) is 5.97. The van der Waals surface area contributed by atoms with Gasteiger partial charge in [-0.2, -0.15) is 0 Å². The van der Waals surface area contributed by atoms with Gasteiger partial charge in [0.1, 0.15) is 0 Å². The van der Waals surface area contributed by atoms with E-state index in [4.69, 9.17) is 0 Å². The van der Waals surface area contributed by atoms with E-state index < -0.39 is 0 Å². The molecule has 112 valence electrons. The number of hydrogen-bond acceptors (Lipinski definition) is 1. The Morgan fingerprint density at radius 1 is 1.00 bits per heavy atom. The molecule has 0 aromatic heterocycles. The normalized spacial score (nSPS) is 14.6. The van der Waals surface area contributed by atoms with Gasteiger partial charge in [0, 0.05) is 18.7 Å². The molecule has 22 heavy (non-hydrogen) atoms. The van der Waals surface area contributed by atoms with Crippen LogP contribution in [-0.2, 0) is 0 Å². The van der Waals surface area contributed by atoms with E-state index in [-0.39, 0.29) is 5.91 Å². The lowest BCUT2D eigenvalue weighted by Crippen LogP contribution is -2.34. The molecule has 2 heteroatoms. The predicted molar refractivity (Wildman–Crippen MR) is 90.9 cm³/mol. The van der Waals surface area contributed by atoms with Crippen molar-refractivity contribution in [2.75, 3.05) is 13.1 Å². The molecule has 0 atom stereocenters. The van der Waals surface area contributed by atoms with E-state index in [1.54, 1.807) is 0 Å². The largest absolute Gasteiger partial charge is 0.335 e. The molecule has 1 amide bonds. The molecular formula is C20H21NO. The van der Waals surface area contributed by atoms with Gasteiger partial charge in [-0.1, -0.05) is 53.6 Å². The zero-order valence-electron chi connectivity index (χ0n) is 13.2. The standard InChI is InChI=1S/C20H21NO/c1-15-12-16(2)14-19(13-15)20(22)21-10-8-18(9-11-21)17-6-4-3-5-7-17/h3-8,12-14H,9-11H2,1-2H3. The van der Waals surface area contributed by atoms with Gasteiger partial charge < -0.3 is 4.90 Å². The average Bonchev–Trinajstić information content (AvgIpc) is 2.54. The number of aryl methyl sites for hydroxylation is 2. The summed E-state index contributed by atoms with van der Waals surface area (Å²) in [7, 11) is 0. The molecule has 2 aromatic rings. The average molecular weight is 291 g/mol. The van der Waals surface area contributed by atoms with Crippen LogP contribution in [0.4, 0.5) is 0 Å². The first kappa shape index (κ1) is 14.6. The molecule has 0 spiro atoms. The summed E-state index contributed by atoms with van der Waals surface area (Å²) in [6.07, 6.45) is 3.10. The summed E-state index contributed by atoms with van der Waals surface area (Å²) in [5, 5.41) is 0. The molecule has 0 radical (unpaired) electrons. The summed E-state index contributed by atoms with van der Waals surface area (Å²) in [5.41, 5.74) is 5.68. The Balaban J connectivity index is 1.75. The maximum Gasteiger partial charge on any atom is 0.254 e. The van der Waals surface area contributed by atoms with Crippen LogP contribution >= 0.6 is 0 Å². The van der Waals surface area contributed by atoms with Gasteiger partial charge in [0.2, 0.25) is 0 Å². The quantitative estimate of drug-likeness (QED) is 0.810. The van der Waals surface area contributed by atoms with Gasteiger partial charge in [0.05, 0.1) is 0 Å². The highest BCUT2D eigenvalue weighted by atomic mass is 16.2. The first-order valence-corrected chi connectivity index (χ1v) is 7.75. The predicted octanol–water partition coefficient (Wildman–Crippen LogP) is 4.23. The minimum Gasteiger partial charge on any atom is -0.335 e. The number of benzene rings is 2. The third kappa shape index (κ3) is 3.11. The van der Waals surface area contributed by atoms with E-state index in [2.05, 4.69) is 36.4 Å². The number of hydrogen-bond donors (Lipinski definition) is 0. The first-order chi connectivity index (χ1) is 10.6. The number of nitrogens with zero attached hydrogens (tertiary/aromatic N) is 1. The van der Waals surface area contributed by atoms with Gasteiger partial charge in [-0.15, -0.1) is 0 Å². The highest BCUT2D eigenvalue weighted by molar-refractivity contribution is 5.95. The van der Waals surface area contributed by atoms with Crippen molar-refractivity contribution in [1.29, 1.82) is 0 Å². The second kappa shape index (κ2) is 6.18. The van der Waals surface area contributed by atoms with Crippen molar-refractivity contribution in [3.8, 4) is 0 Å². The van der Waals surface area contributed by atoms with Crippen LogP contribution in [0.5, 0.6) is 0 Å². The summed E-state index contributed by atoms with van der Waals surface area (Å²) in [5.74, 6) is 0.134. The Bertz CT molecular complexity index is 695. The first-order valence-electron chi connectivity index (χ1n) is 7.75. The molecule has 0 bridgehead atoms. The van der Waals surface area contributed by atoms with Crippen LogP contribution in [-0.4, -0.2) is 23.9 Å². The van der Waals surface area contributed by atoms with Crippen LogP contribution in [0.3, 0.4) is 0 Å². The van der Waals surface area contributed by atoms with Gasteiger partial charge >= 0.3 is 0 Å². The molecular weight excluding hydrogens is 270 g/mol. The summed E-state index contributed by atoms with van der Waals surface area (Å²) in [4.78, 5) is 14.6. The molecule has 0 fully saturated rings. The third-order valence-electron chi connectivity index (χ3n) is 4.11. The van der Waals surface area contributed by atoms with E-state index in [9.17, 15) is 4.79 Å². The summed E-state index contributed by atoms with van der Waals surface area (Å²) in [6.45, 7) is 5.55. The highest BCUT2D eigenvalue weighted by Crippen LogP contribution is 2.23. The molecule has 0 N–H and O–H groups in total. The van der Waals surface area contributed by atoms with Crippen molar-refractivity contribution >= 4 is 11.5 Å². The van der Waals surface area contributed by atoms with Crippen LogP contribution in [0.1, 0.15) is 33.5 Å². The minimum absolute atomic E-state index is 0.134. The Hall–Kier alpha value is -2.35. The van der Waals surface area contributed by atoms with Crippen molar-refractivity contribution in [3.63, 3.8) is 0 Å².